The molecule has 0 heterocycles. The van der Waals surface area contributed by atoms with E-state index in [-0.39, 0.29) is 0 Å². The van der Waals surface area contributed by atoms with Crippen LogP contribution in [0.3, 0.4) is 0 Å². The second-order valence-electron chi connectivity index (χ2n) is 11.7. The van der Waals surface area contributed by atoms with Crippen molar-refractivity contribution in [2.24, 2.45) is 17.8 Å². The maximum atomic E-state index is 4.92. The Morgan fingerprint density at radius 1 is 0.737 bits per heavy atom. The molecular formula is C34H58S4. The lowest BCUT2D eigenvalue weighted by Gasteiger charge is -2.26. The largest absolute Gasteiger partial charge is 0.179 e. The number of hydrogen-bond acceptors (Lipinski definition) is 4. The second-order valence-corrected chi connectivity index (χ2v) is 14.4. The molecule has 0 amide bonds. The molecule has 218 valence electrons. The standard InChI is InChI=1S/C34H58S4/c1-5-30(26-31(23-24-35)25-28(3)29(4)36)21-22-34(38)20-14-13-19-33(37)18-12-7-6-9-15-27(2)32-16-10-8-11-17-32/h5-8,10-11,16-17,27-31,33-38H,1,9,12-15,18-26H2,2-4H3/b7-6+. The molecule has 1 rings (SSSR count). The molecule has 0 saturated heterocycles. The number of hydrogen-bond donors (Lipinski definition) is 4. The van der Waals surface area contributed by atoms with Gasteiger partial charge in [-0.3, -0.25) is 0 Å². The van der Waals surface area contributed by atoms with Crippen molar-refractivity contribution in [1.82, 2.24) is 0 Å². The minimum Gasteiger partial charge on any atom is -0.179 e. The van der Waals surface area contributed by atoms with Gasteiger partial charge >= 0.3 is 0 Å². The molecule has 1 aromatic carbocycles. The van der Waals surface area contributed by atoms with Gasteiger partial charge in [0.05, 0.1) is 0 Å². The Bertz CT molecular complexity index is 716. The maximum absolute atomic E-state index is 4.92. The predicted octanol–water partition coefficient (Wildman–Crippen LogP) is 11.3. The van der Waals surface area contributed by atoms with Gasteiger partial charge in [-0.1, -0.05) is 82.2 Å². The summed E-state index contributed by atoms with van der Waals surface area (Å²) < 4.78 is 0. The van der Waals surface area contributed by atoms with E-state index in [0.717, 1.165) is 24.5 Å². The number of unbranched alkanes of at least 4 members (excludes halogenated alkanes) is 1. The van der Waals surface area contributed by atoms with Crippen LogP contribution < -0.4 is 0 Å². The summed E-state index contributed by atoms with van der Waals surface area (Å²) in [5, 5.41) is 1.46. The van der Waals surface area contributed by atoms with Crippen LogP contribution in [0.15, 0.2) is 55.1 Å². The Balaban J connectivity index is 2.15. The number of thiol groups is 4. The van der Waals surface area contributed by atoms with E-state index in [4.69, 9.17) is 25.3 Å². The van der Waals surface area contributed by atoms with Gasteiger partial charge in [-0.25, -0.2) is 0 Å². The quantitative estimate of drug-likeness (QED) is 0.0540. The fraction of sp³-hybridized carbons (Fsp3) is 0.706. The first-order valence-corrected chi connectivity index (χ1v) is 17.4. The van der Waals surface area contributed by atoms with Crippen LogP contribution >= 0.6 is 50.5 Å². The van der Waals surface area contributed by atoms with E-state index in [2.05, 4.69) is 101 Å². The van der Waals surface area contributed by atoms with E-state index in [0.29, 0.717) is 33.5 Å². The molecule has 7 unspecified atom stereocenters. The first kappa shape index (κ1) is 36.1. The molecule has 0 aliphatic heterocycles. The molecule has 0 saturated carbocycles. The highest BCUT2D eigenvalue weighted by molar-refractivity contribution is 7.81. The molecule has 1 aromatic rings. The van der Waals surface area contributed by atoms with E-state index >= 15 is 0 Å². The zero-order chi connectivity index (χ0) is 28.2. The van der Waals surface area contributed by atoms with Gasteiger partial charge in [0, 0.05) is 15.7 Å². The van der Waals surface area contributed by atoms with Gasteiger partial charge in [0.15, 0.2) is 0 Å². The Morgan fingerprint density at radius 2 is 1.34 bits per heavy atom. The Morgan fingerprint density at radius 3 is 1.92 bits per heavy atom. The summed E-state index contributed by atoms with van der Waals surface area (Å²) in [5.41, 5.74) is 1.45. The summed E-state index contributed by atoms with van der Waals surface area (Å²) in [6.45, 7) is 11.0. The highest BCUT2D eigenvalue weighted by atomic mass is 32.1. The third kappa shape index (κ3) is 17.7. The molecule has 0 aliphatic rings. The molecule has 7 atom stereocenters. The molecule has 0 N–H and O–H groups in total. The maximum Gasteiger partial charge on any atom is 0.00197 e. The molecule has 0 radical (unpaired) electrons. The monoisotopic (exact) mass is 594 g/mol. The molecule has 0 spiro atoms. The van der Waals surface area contributed by atoms with Crippen LogP contribution in [0.25, 0.3) is 0 Å². The van der Waals surface area contributed by atoms with Crippen LogP contribution in [0.4, 0.5) is 0 Å². The summed E-state index contributed by atoms with van der Waals surface area (Å²) in [4.78, 5) is 0. The van der Waals surface area contributed by atoms with Crippen molar-refractivity contribution in [3.05, 3.63) is 60.7 Å². The van der Waals surface area contributed by atoms with Crippen LogP contribution in [0.5, 0.6) is 0 Å². The van der Waals surface area contributed by atoms with Crippen molar-refractivity contribution in [2.45, 2.75) is 126 Å². The highest BCUT2D eigenvalue weighted by Gasteiger charge is 2.19. The minimum absolute atomic E-state index is 0.453. The molecule has 4 heteroatoms. The highest BCUT2D eigenvalue weighted by Crippen LogP contribution is 2.30. The summed E-state index contributed by atoms with van der Waals surface area (Å²) in [7, 11) is 0. The first-order chi connectivity index (χ1) is 18.3. The van der Waals surface area contributed by atoms with Crippen molar-refractivity contribution in [1.29, 1.82) is 0 Å². The van der Waals surface area contributed by atoms with Crippen LogP contribution in [0.2, 0.25) is 0 Å². The average molecular weight is 595 g/mol. The van der Waals surface area contributed by atoms with E-state index in [1.54, 1.807) is 0 Å². The average Bonchev–Trinajstić information content (AvgIpc) is 2.91. The van der Waals surface area contributed by atoms with Crippen LogP contribution in [0, 0.1) is 17.8 Å². The molecule has 38 heavy (non-hydrogen) atoms. The molecular weight excluding hydrogens is 537 g/mol. The van der Waals surface area contributed by atoms with Gasteiger partial charge in [-0.2, -0.15) is 50.5 Å². The lowest BCUT2D eigenvalue weighted by atomic mass is 9.83. The van der Waals surface area contributed by atoms with Gasteiger partial charge < -0.3 is 0 Å². The van der Waals surface area contributed by atoms with Gasteiger partial charge in [0.2, 0.25) is 0 Å². The molecule has 0 nitrogen and oxygen atoms in total. The normalized spacial score (nSPS) is 17.6. The molecule has 0 fully saturated rings. The van der Waals surface area contributed by atoms with E-state index in [1.165, 1.54) is 76.2 Å². The van der Waals surface area contributed by atoms with E-state index in [1.807, 2.05) is 0 Å². The fourth-order valence-corrected chi connectivity index (χ4v) is 6.42. The first-order valence-electron chi connectivity index (χ1n) is 15.2. The van der Waals surface area contributed by atoms with Crippen LogP contribution in [-0.2, 0) is 0 Å². The van der Waals surface area contributed by atoms with Crippen LogP contribution in [-0.4, -0.2) is 21.5 Å². The third-order valence-corrected chi connectivity index (χ3v) is 10.00. The lowest BCUT2D eigenvalue weighted by Crippen LogP contribution is -2.17. The van der Waals surface area contributed by atoms with Crippen molar-refractivity contribution < 1.29 is 0 Å². The lowest BCUT2D eigenvalue weighted by molar-refractivity contribution is 0.319. The second kappa shape index (κ2) is 22.8. The zero-order valence-corrected chi connectivity index (χ0v) is 28.1. The molecule has 0 aromatic heterocycles. The van der Waals surface area contributed by atoms with E-state index in [9.17, 15) is 0 Å². The summed E-state index contributed by atoms with van der Waals surface area (Å²) in [6, 6.07) is 10.8. The van der Waals surface area contributed by atoms with Crippen molar-refractivity contribution in [3.8, 4) is 0 Å². The van der Waals surface area contributed by atoms with Crippen LogP contribution in [0.1, 0.15) is 116 Å². The molecule has 0 bridgehead atoms. The summed E-state index contributed by atoms with van der Waals surface area (Å²) in [6.07, 6.45) is 22.6. The SMILES string of the molecule is C=CC(CCC(S)CCCCC(S)CC/C=C/CCC(C)c1ccccc1)CC(CCS)CC(C)C(C)S. The number of benzene rings is 1. The van der Waals surface area contributed by atoms with Gasteiger partial charge in [-0.15, -0.1) is 6.58 Å². The topological polar surface area (TPSA) is 0 Å². The summed E-state index contributed by atoms with van der Waals surface area (Å²) in [5.74, 6) is 3.55. The van der Waals surface area contributed by atoms with Crippen molar-refractivity contribution in [3.63, 3.8) is 0 Å². The Labute approximate surface area is 259 Å². The Hall–Kier alpha value is 0.1000. The Kier molecular flexibility index (Phi) is 21.6. The predicted molar refractivity (Wildman–Crippen MR) is 188 cm³/mol. The smallest absolute Gasteiger partial charge is 0.00197 e. The molecule has 0 aliphatic carbocycles. The number of allylic oxidation sites excluding steroid dienone is 3. The van der Waals surface area contributed by atoms with Gasteiger partial charge in [-0.05, 0) is 106 Å². The fourth-order valence-electron chi connectivity index (χ4n) is 5.27. The van der Waals surface area contributed by atoms with Crippen molar-refractivity contribution >= 4 is 50.5 Å². The number of rotatable bonds is 23. The minimum atomic E-state index is 0.453. The summed E-state index contributed by atoms with van der Waals surface area (Å²) >= 11 is 19.0. The van der Waals surface area contributed by atoms with Gasteiger partial charge in [0.1, 0.15) is 0 Å². The zero-order valence-electron chi connectivity index (χ0n) is 24.6. The van der Waals surface area contributed by atoms with E-state index < -0.39 is 0 Å². The van der Waals surface area contributed by atoms with Crippen molar-refractivity contribution in [2.75, 3.05) is 5.75 Å². The van der Waals surface area contributed by atoms with Gasteiger partial charge in [0.25, 0.3) is 0 Å². The third-order valence-electron chi connectivity index (χ3n) is 8.20.